The standard InChI is InChI=1S/C26H23Cl2N3O5/c1-14-22(24(31(33)34)26(30-14)17-8-4-6-10-20(17)29-25(26)32)16-11-19(28)23(21(12-16)35-2)36-13-15-7-3-5-9-18(15)27/h3-12,14,22,24,30H,13H2,1-2H3,(H,29,32)/t14-,22-,24-,26+/m0/s1. The minimum Gasteiger partial charge on any atom is -0.493 e. The van der Waals surface area contributed by atoms with Gasteiger partial charge in [0.15, 0.2) is 17.0 Å². The summed E-state index contributed by atoms with van der Waals surface area (Å²) >= 11 is 12.9. The van der Waals surface area contributed by atoms with Gasteiger partial charge in [0.1, 0.15) is 6.61 Å². The number of hydrogen-bond donors (Lipinski definition) is 2. The molecular weight excluding hydrogens is 505 g/mol. The summed E-state index contributed by atoms with van der Waals surface area (Å²) in [5, 5.41) is 19.4. The molecule has 1 fully saturated rings. The van der Waals surface area contributed by atoms with Gasteiger partial charge in [0.05, 0.1) is 18.1 Å². The molecule has 2 heterocycles. The van der Waals surface area contributed by atoms with Gasteiger partial charge in [0, 0.05) is 32.8 Å². The van der Waals surface area contributed by atoms with E-state index in [9.17, 15) is 14.9 Å². The molecule has 1 saturated heterocycles. The molecule has 0 saturated carbocycles. The molecule has 0 bridgehead atoms. The molecule has 10 heteroatoms. The maximum atomic E-state index is 13.2. The van der Waals surface area contributed by atoms with Crippen molar-refractivity contribution in [3.8, 4) is 11.5 Å². The molecule has 4 atom stereocenters. The molecule has 0 aromatic heterocycles. The molecule has 3 aromatic rings. The van der Waals surface area contributed by atoms with E-state index in [1.165, 1.54) is 7.11 Å². The third kappa shape index (κ3) is 3.77. The summed E-state index contributed by atoms with van der Waals surface area (Å²) in [7, 11) is 1.47. The lowest BCUT2D eigenvalue weighted by molar-refractivity contribution is -0.532. The molecule has 3 aromatic carbocycles. The van der Waals surface area contributed by atoms with Crippen LogP contribution in [0.2, 0.25) is 10.0 Å². The highest BCUT2D eigenvalue weighted by Crippen LogP contribution is 2.51. The van der Waals surface area contributed by atoms with Crippen LogP contribution in [0.25, 0.3) is 0 Å². The van der Waals surface area contributed by atoms with Crippen LogP contribution >= 0.6 is 23.2 Å². The molecule has 2 aliphatic heterocycles. The molecule has 0 radical (unpaired) electrons. The van der Waals surface area contributed by atoms with Gasteiger partial charge in [0.25, 0.3) is 11.9 Å². The molecule has 36 heavy (non-hydrogen) atoms. The van der Waals surface area contributed by atoms with E-state index in [1.807, 2.05) is 25.1 Å². The number of nitrogens with one attached hydrogen (secondary N) is 2. The van der Waals surface area contributed by atoms with Gasteiger partial charge in [-0.05, 0) is 36.8 Å². The van der Waals surface area contributed by atoms with Crippen LogP contribution in [0.5, 0.6) is 11.5 Å². The van der Waals surface area contributed by atoms with Crippen LogP contribution in [0.3, 0.4) is 0 Å². The maximum absolute atomic E-state index is 13.2. The van der Waals surface area contributed by atoms with Crippen molar-refractivity contribution in [1.29, 1.82) is 0 Å². The van der Waals surface area contributed by atoms with Crippen LogP contribution in [-0.2, 0) is 16.9 Å². The van der Waals surface area contributed by atoms with Crippen molar-refractivity contribution in [2.75, 3.05) is 12.4 Å². The summed E-state index contributed by atoms with van der Waals surface area (Å²) in [4.78, 5) is 25.4. The van der Waals surface area contributed by atoms with E-state index in [0.717, 1.165) is 5.56 Å². The van der Waals surface area contributed by atoms with Gasteiger partial charge in [-0.25, -0.2) is 0 Å². The molecule has 8 nitrogen and oxygen atoms in total. The average molecular weight is 528 g/mol. The predicted molar refractivity (Wildman–Crippen MR) is 137 cm³/mol. The molecule has 5 rings (SSSR count). The second kappa shape index (κ2) is 9.28. The fraction of sp³-hybridized carbons (Fsp3) is 0.269. The monoisotopic (exact) mass is 527 g/mol. The lowest BCUT2D eigenvalue weighted by Crippen LogP contribution is -2.54. The van der Waals surface area contributed by atoms with Gasteiger partial charge in [-0.2, -0.15) is 0 Å². The molecule has 1 spiro atoms. The molecule has 0 aliphatic carbocycles. The zero-order valence-electron chi connectivity index (χ0n) is 19.5. The number of carbonyl (C=O) groups excluding carboxylic acids is 1. The first kappa shape index (κ1) is 24.4. The van der Waals surface area contributed by atoms with Gasteiger partial charge in [-0.1, -0.05) is 59.6 Å². The number of amides is 1. The normalized spacial score (nSPS) is 24.4. The molecular formula is C26H23Cl2N3O5. The molecule has 0 unspecified atom stereocenters. The van der Waals surface area contributed by atoms with Crippen molar-refractivity contribution in [3.63, 3.8) is 0 Å². The van der Waals surface area contributed by atoms with Crippen LogP contribution < -0.4 is 20.1 Å². The van der Waals surface area contributed by atoms with Crippen molar-refractivity contribution in [1.82, 2.24) is 5.32 Å². The number of benzene rings is 3. The number of para-hydroxylation sites is 1. The lowest BCUT2D eigenvalue weighted by Gasteiger charge is -2.25. The Morgan fingerprint density at radius 1 is 1.08 bits per heavy atom. The van der Waals surface area contributed by atoms with E-state index in [1.54, 1.807) is 42.5 Å². The van der Waals surface area contributed by atoms with Crippen LogP contribution in [0.4, 0.5) is 5.69 Å². The zero-order chi connectivity index (χ0) is 25.6. The number of ether oxygens (including phenoxy) is 2. The van der Waals surface area contributed by atoms with Crippen molar-refractivity contribution in [2.45, 2.75) is 37.1 Å². The molecule has 2 aliphatic rings. The molecule has 186 valence electrons. The molecule has 1 amide bonds. The van der Waals surface area contributed by atoms with E-state index in [4.69, 9.17) is 32.7 Å². The fourth-order valence-corrected chi connectivity index (χ4v) is 5.86. The van der Waals surface area contributed by atoms with Crippen LogP contribution in [0.15, 0.2) is 60.7 Å². The predicted octanol–water partition coefficient (Wildman–Crippen LogP) is 5.15. The van der Waals surface area contributed by atoms with Crippen molar-refractivity contribution in [2.24, 2.45) is 0 Å². The Kier molecular flexibility index (Phi) is 6.28. The van der Waals surface area contributed by atoms with Crippen LogP contribution in [0, 0.1) is 10.1 Å². The Morgan fingerprint density at radius 3 is 2.53 bits per heavy atom. The quantitative estimate of drug-likeness (QED) is 0.339. The SMILES string of the molecule is COc1cc([C@@H]2[C@H](C)N[C@@]3(C(=O)Nc4ccccc43)[C@H]2[N+](=O)[O-])cc(Cl)c1OCc1ccccc1Cl. The Balaban J connectivity index is 1.54. The second-order valence-electron chi connectivity index (χ2n) is 8.91. The fourth-order valence-electron chi connectivity index (χ4n) is 5.39. The third-order valence-corrected chi connectivity index (χ3v) is 7.58. The Labute approximate surface area is 217 Å². The first-order chi connectivity index (χ1) is 17.3. The summed E-state index contributed by atoms with van der Waals surface area (Å²) in [5.74, 6) is -0.493. The Morgan fingerprint density at radius 2 is 1.81 bits per heavy atom. The number of rotatable bonds is 6. The highest BCUT2D eigenvalue weighted by Gasteiger charge is 2.67. The Hall–Kier alpha value is -3.33. The average Bonchev–Trinajstić information content (AvgIpc) is 3.32. The van der Waals surface area contributed by atoms with Gasteiger partial charge < -0.3 is 14.8 Å². The van der Waals surface area contributed by atoms with E-state index in [0.29, 0.717) is 33.3 Å². The van der Waals surface area contributed by atoms with E-state index in [2.05, 4.69) is 10.6 Å². The number of anilines is 1. The number of hydrogen-bond acceptors (Lipinski definition) is 6. The first-order valence-corrected chi connectivity index (χ1v) is 12.1. The third-order valence-electron chi connectivity index (χ3n) is 6.93. The van der Waals surface area contributed by atoms with Gasteiger partial charge in [0.2, 0.25) is 0 Å². The minimum atomic E-state index is -1.51. The van der Waals surface area contributed by atoms with Crippen molar-refractivity contribution in [3.05, 3.63) is 97.5 Å². The molecule has 2 N–H and O–H groups in total. The van der Waals surface area contributed by atoms with Gasteiger partial charge in [-0.3, -0.25) is 20.2 Å². The van der Waals surface area contributed by atoms with Gasteiger partial charge in [-0.15, -0.1) is 0 Å². The number of carbonyl (C=O) groups is 1. The highest BCUT2D eigenvalue weighted by atomic mass is 35.5. The zero-order valence-corrected chi connectivity index (χ0v) is 21.0. The summed E-state index contributed by atoms with van der Waals surface area (Å²) in [6, 6.07) is 15.9. The minimum absolute atomic E-state index is 0.161. The maximum Gasteiger partial charge on any atom is 0.256 e. The van der Waals surface area contributed by atoms with E-state index in [-0.39, 0.29) is 16.6 Å². The van der Waals surface area contributed by atoms with E-state index < -0.39 is 29.4 Å². The van der Waals surface area contributed by atoms with Crippen LogP contribution in [-0.4, -0.2) is 30.0 Å². The van der Waals surface area contributed by atoms with Gasteiger partial charge >= 0.3 is 0 Å². The second-order valence-corrected chi connectivity index (χ2v) is 9.73. The summed E-state index contributed by atoms with van der Waals surface area (Å²) in [5.41, 5.74) is 0.953. The van der Waals surface area contributed by atoms with E-state index >= 15 is 0 Å². The number of methoxy groups -OCH3 is 1. The first-order valence-electron chi connectivity index (χ1n) is 11.3. The van der Waals surface area contributed by atoms with Crippen molar-refractivity contribution >= 4 is 34.8 Å². The topological polar surface area (TPSA) is 103 Å². The number of nitrogens with zero attached hydrogens (tertiary/aromatic N) is 1. The lowest BCUT2D eigenvalue weighted by atomic mass is 9.78. The summed E-state index contributed by atoms with van der Waals surface area (Å²) in [6.45, 7) is 1.99. The number of halogens is 2. The summed E-state index contributed by atoms with van der Waals surface area (Å²) in [6.07, 6.45) is 0. The highest BCUT2D eigenvalue weighted by molar-refractivity contribution is 6.32. The number of nitro groups is 1. The smallest absolute Gasteiger partial charge is 0.256 e. The summed E-state index contributed by atoms with van der Waals surface area (Å²) < 4.78 is 11.5. The number of fused-ring (bicyclic) bond motifs is 2. The largest absolute Gasteiger partial charge is 0.493 e. The van der Waals surface area contributed by atoms with Crippen LogP contribution in [0.1, 0.15) is 29.5 Å². The van der Waals surface area contributed by atoms with Crippen molar-refractivity contribution < 1.29 is 19.2 Å². The Bertz CT molecular complexity index is 1370.